The second-order valence-electron chi connectivity index (χ2n) is 4.95. The zero-order valence-electron chi connectivity index (χ0n) is 11.2. The second-order valence-corrected chi connectivity index (χ2v) is 5.33. The number of halogens is 2. The number of aliphatic hydroxyl groups is 1. The van der Waals surface area contributed by atoms with E-state index in [1.807, 2.05) is 18.2 Å². The Hall–Kier alpha value is -1.38. The predicted octanol–water partition coefficient (Wildman–Crippen LogP) is 4.41. The van der Waals surface area contributed by atoms with Gasteiger partial charge in [-0.2, -0.15) is 0 Å². The summed E-state index contributed by atoms with van der Waals surface area (Å²) in [6, 6.07) is 14.9. The summed E-state index contributed by atoms with van der Waals surface area (Å²) in [7, 11) is 0. The number of hydrogen-bond acceptors (Lipinski definition) is 1. The Morgan fingerprint density at radius 1 is 1.05 bits per heavy atom. The molecule has 0 saturated carbocycles. The fraction of sp³-hybridized carbons (Fsp3) is 0.294. The molecule has 0 spiro atoms. The average molecular weight is 293 g/mol. The van der Waals surface area contributed by atoms with Crippen LogP contribution >= 0.6 is 11.6 Å². The van der Waals surface area contributed by atoms with Gasteiger partial charge in [-0.05, 0) is 42.9 Å². The molecule has 1 unspecified atom stereocenters. The van der Waals surface area contributed by atoms with Crippen LogP contribution in [0.4, 0.5) is 4.39 Å². The number of aryl methyl sites for hydroxylation is 1. The van der Waals surface area contributed by atoms with E-state index in [4.69, 9.17) is 11.6 Å². The molecule has 0 radical (unpaired) electrons. The Labute approximate surface area is 124 Å². The molecular weight excluding hydrogens is 275 g/mol. The van der Waals surface area contributed by atoms with Crippen LogP contribution in [0.3, 0.4) is 0 Å². The first-order valence-corrected chi connectivity index (χ1v) is 7.19. The lowest BCUT2D eigenvalue weighted by Crippen LogP contribution is -2.11. The van der Waals surface area contributed by atoms with E-state index in [0.717, 1.165) is 12.8 Å². The highest BCUT2D eigenvalue weighted by atomic mass is 35.5. The van der Waals surface area contributed by atoms with E-state index in [1.165, 1.54) is 11.6 Å². The van der Waals surface area contributed by atoms with E-state index in [0.29, 0.717) is 18.4 Å². The van der Waals surface area contributed by atoms with Gasteiger partial charge in [-0.15, -0.1) is 0 Å². The van der Waals surface area contributed by atoms with Crippen molar-refractivity contribution in [2.24, 2.45) is 0 Å². The summed E-state index contributed by atoms with van der Waals surface area (Å²) in [5.41, 5.74) is 1.93. The molecule has 20 heavy (non-hydrogen) atoms. The first kappa shape index (κ1) is 15.0. The van der Waals surface area contributed by atoms with Gasteiger partial charge in [-0.3, -0.25) is 0 Å². The summed E-state index contributed by atoms with van der Waals surface area (Å²) >= 11 is 5.88. The first-order valence-electron chi connectivity index (χ1n) is 6.81. The summed E-state index contributed by atoms with van der Waals surface area (Å²) in [5.74, 6) is -0.430. The molecule has 106 valence electrons. The molecule has 1 N–H and O–H groups in total. The third kappa shape index (κ3) is 4.32. The highest BCUT2D eigenvalue weighted by molar-refractivity contribution is 6.31. The largest absolute Gasteiger partial charge is 0.393 e. The molecular formula is C17H18ClFO. The van der Waals surface area contributed by atoms with E-state index < -0.39 is 11.9 Å². The van der Waals surface area contributed by atoms with Crippen molar-refractivity contribution in [2.75, 3.05) is 0 Å². The minimum absolute atomic E-state index is 0.120. The second kappa shape index (κ2) is 7.41. The Kier molecular flexibility index (Phi) is 5.57. The van der Waals surface area contributed by atoms with Gasteiger partial charge in [0, 0.05) is 0 Å². The third-order valence-corrected chi connectivity index (χ3v) is 3.76. The van der Waals surface area contributed by atoms with Crippen LogP contribution in [-0.2, 0) is 12.8 Å². The van der Waals surface area contributed by atoms with Gasteiger partial charge in [0.25, 0.3) is 0 Å². The topological polar surface area (TPSA) is 20.2 Å². The molecule has 2 aromatic rings. The van der Waals surface area contributed by atoms with Crippen LogP contribution in [0.5, 0.6) is 0 Å². The van der Waals surface area contributed by atoms with Crippen molar-refractivity contribution in [1.29, 1.82) is 0 Å². The molecule has 0 aliphatic carbocycles. The fourth-order valence-corrected chi connectivity index (χ4v) is 2.45. The van der Waals surface area contributed by atoms with Crippen molar-refractivity contribution in [3.63, 3.8) is 0 Å². The average Bonchev–Trinajstić information content (AvgIpc) is 2.45. The summed E-state index contributed by atoms with van der Waals surface area (Å²) in [6.45, 7) is 0. The van der Waals surface area contributed by atoms with Gasteiger partial charge in [-0.1, -0.05) is 54.1 Å². The quantitative estimate of drug-likeness (QED) is 0.836. The Bertz CT molecular complexity index is 542. The highest BCUT2D eigenvalue weighted by Gasteiger charge is 2.11. The molecule has 2 rings (SSSR count). The van der Waals surface area contributed by atoms with Crippen LogP contribution in [0.2, 0.25) is 5.02 Å². The lowest BCUT2D eigenvalue weighted by molar-refractivity contribution is 0.162. The molecule has 1 atom stereocenters. The Balaban J connectivity index is 1.81. The van der Waals surface area contributed by atoms with Crippen LogP contribution in [-0.4, -0.2) is 11.2 Å². The molecule has 0 aliphatic rings. The van der Waals surface area contributed by atoms with Crippen molar-refractivity contribution in [1.82, 2.24) is 0 Å². The SMILES string of the molecule is OC(CCCc1ccccc1)Cc1cccc(F)c1Cl. The standard InChI is InChI=1S/C17H18ClFO/c18-17-14(9-5-11-16(17)19)12-15(20)10-4-8-13-6-2-1-3-7-13/h1-3,5-7,9,11,15,20H,4,8,10,12H2. The molecule has 0 heterocycles. The minimum atomic E-state index is -0.488. The zero-order valence-corrected chi connectivity index (χ0v) is 12.0. The van der Waals surface area contributed by atoms with Gasteiger partial charge >= 0.3 is 0 Å². The fourth-order valence-electron chi connectivity index (χ4n) is 2.25. The van der Waals surface area contributed by atoms with E-state index in [1.54, 1.807) is 12.1 Å². The van der Waals surface area contributed by atoms with Crippen molar-refractivity contribution in [3.05, 3.63) is 70.5 Å². The lowest BCUT2D eigenvalue weighted by Gasteiger charge is -2.12. The zero-order chi connectivity index (χ0) is 14.4. The molecule has 0 amide bonds. The van der Waals surface area contributed by atoms with Crippen LogP contribution in [0.15, 0.2) is 48.5 Å². The summed E-state index contributed by atoms with van der Waals surface area (Å²) in [4.78, 5) is 0. The summed E-state index contributed by atoms with van der Waals surface area (Å²) in [5, 5.41) is 10.1. The maximum absolute atomic E-state index is 13.3. The van der Waals surface area contributed by atoms with Crippen LogP contribution in [0.25, 0.3) is 0 Å². The predicted molar refractivity (Wildman–Crippen MR) is 80.5 cm³/mol. The molecule has 0 aliphatic heterocycles. The molecule has 0 bridgehead atoms. The maximum Gasteiger partial charge on any atom is 0.142 e. The van der Waals surface area contributed by atoms with Gasteiger partial charge in [0.05, 0.1) is 11.1 Å². The molecule has 1 nitrogen and oxygen atoms in total. The van der Waals surface area contributed by atoms with Crippen molar-refractivity contribution in [2.45, 2.75) is 31.8 Å². The van der Waals surface area contributed by atoms with Gasteiger partial charge < -0.3 is 5.11 Å². The van der Waals surface area contributed by atoms with E-state index in [9.17, 15) is 9.50 Å². The maximum atomic E-state index is 13.3. The minimum Gasteiger partial charge on any atom is -0.393 e. The number of hydrogen-bond donors (Lipinski definition) is 1. The highest BCUT2D eigenvalue weighted by Crippen LogP contribution is 2.22. The first-order chi connectivity index (χ1) is 9.66. The van der Waals surface area contributed by atoms with Gasteiger partial charge in [-0.25, -0.2) is 4.39 Å². The molecule has 0 aromatic heterocycles. The van der Waals surface area contributed by atoms with Crippen molar-refractivity contribution in [3.8, 4) is 0 Å². The smallest absolute Gasteiger partial charge is 0.142 e. The normalized spacial score (nSPS) is 12.3. The number of aliphatic hydroxyl groups excluding tert-OH is 1. The number of benzene rings is 2. The van der Waals surface area contributed by atoms with Crippen LogP contribution in [0, 0.1) is 5.82 Å². The molecule has 2 aromatic carbocycles. The van der Waals surface area contributed by atoms with E-state index in [-0.39, 0.29) is 5.02 Å². The molecule has 0 fully saturated rings. The molecule has 3 heteroatoms. The van der Waals surface area contributed by atoms with Gasteiger partial charge in [0.2, 0.25) is 0 Å². The monoisotopic (exact) mass is 292 g/mol. The van der Waals surface area contributed by atoms with E-state index >= 15 is 0 Å². The Morgan fingerprint density at radius 2 is 1.80 bits per heavy atom. The van der Waals surface area contributed by atoms with Crippen LogP contribution < -0.4 is 0 Å². The summed E-state index contributed by atoms with van der Waals surface area (Å²) < 4.78 is 13.3. The molecule has 0 saturated heterocycles. The van der Waals surface area contributed by atoms with Crippen molar-refractivity contribution < 1.29 is 9.50 Å². The van der Waals surface area contributed by atoms with Crippen molar-refractivity contribution >= 4 is 11.6 Å². The van der Waals surface area contributed by atoms with Gasteiger partial charge in [0.15, 0.2) is 0 Å². The third-order valence-electron chi connectivity index (χ3n) is 3.33. The van der Waals surface area contributed by atoms with Crippen LogP contribution in [0.1, 0.15) is 24.0 Å². The van der Waals surface area contributed by atoms with Gasteiger partial charge in [0.1, 0.15) is 5.82 Å². The number of rotatable bonds is 6. The van der Waals surface area contributed by atoms with E-state index in [2.05, 4.69) is 12.1 Å². The lowest BCUT2D eigenvalue weighted by atomic mass is 10.0. The Morgan fingerprint density at radius 3 is 2.55 bits per heavy atom. The summed E-state index contributed by atoms with van der Waals surface area (Å²) in [6.07, 6.45) is 2.43.